The monoisotopic (exact) mass is 229 g/mol. The molecular weight excluding hydrogens is 221 g/mol. The second-order valence-corrected chi connectivity index (χ2v) is 3.45. The lowest BCUT2D eigenvalue weighted by molar-refractivity contribution is 0.476. The van der Waals surface area contributed by atoms with Crippen molar-refractivity contribution in [3.05, 3.63) is 22.7 Å². The summed E-state index contributed by atoms with van der Waals surface area (Å²) in [4.78, 5) is 0. The largest absolute Gasteiger partial charge is 0.505 e. The van der Waals surface area contributed by atoms with E-state index in [1.54, 1.807) is 6.07 Å². The summed E-state index contributed by atoms with van der Waals surface area (Å²) in [6.07, 6.45) is 0.563. The van der Waals surface area contributed by atoms with Gasteiger partial charge in [-0.1, -0.05) is 23.4 Å². The number of alkyl halides is 1. The molecule has 0 radical (unpaired) electrons. The van der Waals surface area contributed by atoms with Crippen LogP contribution in [0.15, 0.2) is 12.1 Å². The minimum Gasteiger partial charge on any atom is -0.505 e. The quantitative estimate of drug-likeness (QED) is 0.337. The fourth-order valence-electron chi connectivity index (χ4n) is 0.921. The fraction of sp³-hybridized carbons (Fsp3) is 0.200. The maximum absolute atomic E-state index is 9.50. The van der Waals surface area contributed by atoms with E-state index in [9.17, 15) is 5.11 Å². The normalized spacial score (nSPS) is 9.29. The summed E-state index contributed by atoms with van der Waals surface area (Å²) in [6, 6.07) is 3.04. The van der Waals surface area contributed by atoms with Gasteiger partial charge in [-0.05, 0) is 12.1 Å². The van der Waals surface area contributed by atoms with Crippen molar-refractivity contribution in [3.63, 3.8) is 0 Å². The number of hydrogen-bond acceptors (Lipinski definition) is 2. The van der Waals surface area contributed by atoms with Gasteiger partial charge in [0.05, 0.1) is 11.3 Å². The standard InChI is InChI=1S/C10H9Cl2NO/c11-4-2-1-3-7-5-8(12)6-9(13)10(7)14/h5-6,14H,2,4,13H2. The van der Waals surface area contributed by atoms with Crippen LogP contribution in [0.3, 0.4) is 0 Å². The number of nitrogen functional groups attached to an aromatic ring is 1. The molecular formula is C10H9Cl2NO. The summed E-state index contributed by atoms with van der Waals surface area (Å²) in [5, 5.41) is 9.96. The molecule has 0 spiro atoms. The molecule has 0 aliphatic heterocycles. The summed E-state index contributed by atoms with van der Waals surface area (Å²) in [5.74, 6) is 5.97. The van der Waals surface area contributed by atoms with E-state index in [0.717, 1.165) is 0 Å². The van der Waals surface area contributed by atoms with E-state index in [4.69, 9.17) is 28.9 Å². The van der Waals surface area contributed by atoms with Crippen LogP contribution in [-0.4, -0.2) is 11.0 Å². The lowest BCUT2D eigenvalue weighted by Gasteiger charge is -2.01. The molecule has 0 aliphatic rings. The predicted octanol–water partition coefficient (Wildman–Crippen LogP) is 2.61. The van der Waals surface area contributed by atoms with Gasteiger partial charge in [-0.2, -0.15) is 0 Å². The van der Waals surface area contributed by atoms with E-state index < -0.39 is 0 Å². The van der Waals surface area contributed by atoms with Gasteiger partial charge in [0.1, 0.15) is 0 Å². The van der Waals surface area contributed by atoms with E-state index in [1.807, 2.05) is 0 Å². The number of rotatable bonds is 1. The lowest BCUT2D eigenvalue weighted by atomic mass is 10.1. The highest BCUT2D eigenvalue weighted by molar-refractivity contribution is 6.31. The third-order valence-corrected chi connectivity index (χ3v) is 1.95. The topological polar surface area (TPSA) is 46.2 Å². The van der Waals surface area contributed by atoms with Crippen LogP contribution in [0.25, 0.3) is 0 Å². The van der Waals surface area contributed by atoms with Gasteiger partial charge in [0.15, 0.2) is 5.75 Å². The molecule has 2 nitrogen and oxygen atoms in total. The number of hydrogen-bond donors (Lipinski definition) is 2. The Labute approximate surface area is 92.6 Å². The summed E-state index contributed by atoms with van der Waals surface area (Å²) < 4.78 is 0. The van der Waals surface area contributed by atoms with Crippen LogP contribution < -0.4 is 5.73 Å². The Hall–Kier alpha value is -1.04. The second-order valence-electron chi connectivity index (χ2n) is 2.63. The molecule has 1 rings (SSSR count). The molecule has 0 saturated carbocycles. The molecule has 0 unspecified atom stereocenters. The van der Waals surface area contributed by atoms with Gasteiger partial charge < -0.3 is 10.8 Å². The first-order chi connectivity index (χ1) is 6.65. The van der Waals surface area contributed by atoms with Crippen LogP contribution in [0.2, 0.25) is 5.02 Å². The average molecular weight is 230 g/mol. The first-order valence-corrected chi connectivity index (χ1v) is 4.89. The summed E-state index contributed by atoms with van der Waals surface area (Å²) in [5.41, 5.74) is 6.16. The van der Waals surface area contributed by atoms with Gasteiger partial charge >= 0.3 is 0 Å². The van der Waals surface area contributed by atoms with Crippen LogP contribution >= 0.6 is 23.2 Å². The number of anilines is 1. The molecule has 0 fully saturated rings. The summed E-state index contributed by atoms with van der Waals surface area (Å²) in [6.45, 7) is 0. The van der Waals surface area contributed by atoms with Gasteiger partial charge in [-0.15, -0.1) is 11.6 Å². The summed E-state index contributed by atoms with van der Waals surface area (Å²) >= 11 is 11.2. The number of phenols is 1. The highest BCUT2D eigenvalue weighted by atomic mass is 35.5. The van der Waals surface area contributed by atoms with Gasteiger partial charge in [-0.3, -0.25) is 0 Å². The molecule has 74 valence electrons. The van der Waals surface area contributed by atoms with Crippen LogP contribution in [0.1, 0.15) is 12.0 Å². The fourth-order valence-corrected chi connectivity index (χ4v) is 1.24. The van der Waals surface area contributed by atoms with E-state index in [1.165, 1.54) is 6.07 Å². The number of halogens is 2. The van der Waals surface area contributed by atoms with Crippen LogP contribution in [0.4, 0.5) is 5.69 Å². The SMILES string of the molecule is Nc1cc(Cl)cc(C#CCCCl)c1O. The highest BCUT2D eigenvalue weighted by Crippen LogP contribution is 2.28. The van der Waals surface area contributed by atoms with Crippen molar-refractivity contribution < 1.29 is 5.11 Å². The average Bonchev–Trinajstić information content (AvgIpc) is 2.13. The Morgan fingerprint density at radius 1 is 1.43 bits per heavy atom. The molecule has 1 aromatic rings. The van der Waals surface area contributed by atoms with Gasteiger partial charge in [0.2, 0.25) is 0 Å². The minimum atomic E-state index is -0.0310. The zero-order chi connectivity index (χ0) is 10.6. The van der Waals surface area contributed by atoms with E-state index in [2.05, 4.69) is 11.8 Å². The third kappa shape index (κ3) is 2.73. The molecule has 0 atom stereocenters. The number of aromatic hydroxyl groups is 1. The zero-order valence-corrected chi connectivity index (χ0v) is 8.86. The molecule has 1 aromatic carbocycles. The smallest absolute Gasteiger partial charge is 0.154 e. The highest BCUT2D eigenvalue weighted by Gasteiger charge is 2.03. The molecule has 3 N–H and O–H groups in total. The molecule has 0 bridgehead atoms. The number of nitrogens with two attached hydrogens (primary N) is 1. The number of phenolic OH excluding ortho intramolecular Hbond substituents is 1. The Balaban J connectivity index is 3.04. The van der Waals surface area contributed by atoms with Crippen molar-refractivity contribution in [1.29, 1.82) is 0 Å². The van der Waals surface area contributed by atoms with Crippen LogP contribution in [0, 0.1) is 11.8 Å². The molecule has 0 heterocycles. The molecule has 0 aromatic heterocycles. The zero-order valence-electron chi connectivity index (χ0n) is 7.35. The minimum absolute atomic E-state index is 0.0310. The maximum atomic E-state index is 9.50. The van der Waals surface area contributed by atoms with Crippen LogP contribution in [0.5, 0.6) is 5.75 Å². The van der Waals surface area contributed by atoms with Crippen molar-refractivity contribution in [3.8, 4) is 17.6 Å². The van der Waals surface area contributed by atoms with Crippen molar-refractivity contribution >= 4 is 28.9 Å². The Bertz CT molecular complexity index is 393. The Morgan fingerprint density at radius 2 is 2.14 bits per heavy atom. The van der Waals surface area contributed by atoms with Crippen molar-refractivity contribution in [2.24, 2.45) is 0 Å². The first-order valence-electron chi connectivity index (χ1n) is 3.98. The Morgan fingerprint density at radius 3 is 2.79 bits per heavy atom. The van der Waals surface area contributed by atoms with Crippen LogP contribution in [-0.2, 0) is 0 Å². The van der Waals surface area contributed by atoms with Gasteiger partial charge in [-0.25, -0.2) is 0 Å². The lowest BCUT2D eigenvalue weighted by Crippen LogP contribution is -1.88. The van der Waals surface area contributed by atoms with E-state index >= 15 is 0 Å². The van der Waals surface area contributed by atoms with E-state index in [0.29, 0.717) is 22.9 Å². The van der Waals surface area contributed by atoms with E-state index in [-0.39, 0.29) is 11.4 Å². The first kappa shape index (κ1) is 11.0. The predicted molar refractivity (Wildman–Crippen MR) is 59.7 cm³/mol. The third-order valence-electron chi connectivity index (χ3n) is 1.55. The van der Waals surface area contributed by atoms with Gasteiger partial charge in [0, 0.05) is 17.3 Å². The second kappa shape index (κ2) is 4.99. The molecule has 0 saturated heterocycles. The molecule has 14 heavy (non-hydrogen) atoms. The maximum Gasteiger partial charge on any atom is 0.154 e. The molecule has 0 amide bonds. The van der Waals surface area contributed by atoms with Crippen molar-refractivity contribution in [2.45, 2.75) is 6.42 Å². The van der Waals surface area contributed by atoms with Crippen molar-refractivity contribution in [1.82, 2.24) is 0 Å². The number of benzene rings is 1. The van der Waals surface area contributed by atoms with Gasteiger partial charge in [0.25, 0.3) is 0 Å². The van der Waals surface area contributed by atoms with Crippen molar-refractivity contribution in [2.75, 3.05) is 11.6 Å². The molecule has 0 aliphatic carbocycles. The molecule has 4 heteroatoms. The Kier molecular flexibility index (Phi) is 3.94. The summed E-state index contributed by atoms with van der Waals surface area (Å²) in [7, 11) is 0.